The van der Waals surface area contributed by atoms with Gasteiger partial charge in [-0.2, -0.15) is 0 Å². The van der Waals surface area contributed by atoms with Crippen molar-refractivity contribution in [2.45, 2.75) is 19.4 Å². The number of ether oxygens (including phenoxy) is 6. The highest BCUT2D eigenvalue weighted by molar-refractivity contribution is 5.82. The van der Waals surface area contributed by atoms with Crippen LogP contribution in [0.1, 0.15) is 25.0 Å². The third-order valence-electron chi connectivity index (χ3n) is 5.09. The largest absolute Gasteiger partial charge is 0.493 e. The molecule has 0 amide bonds. The van der Waals surface area contributed by atoms with Crippen molar-refractivity contribution in [1.82, 2.24) is 0 Å². The molecule has 0 aliphatic carbocycles. The molecule has 0 N–H and O–H groups in total. The summed E-state index contributed by atoms with van der Waals surface area (Å²) in [5, 5.41) is 0. The van der Waals surface area contributed by atoms with E-state index in [0.29, 0.717) is 35.2 Å². The van der Waals surface area contributed by atoms with Crippen molar-refractivity contribution in [3.8, 4) is 39.9 Å². The minimum atomic E-state index is -0.415. The first-order chi connectivity index (χ1) is 13.6. The number of methoxy groups -OCH3 is 3. The Bertz CT molecular complexity index is 921. The van der Waals surface area contributed by atoms with Gasteiger partial charge < -0.3 is 28.4 Å². The molecule has 0 spiro atoms. The Hall–Kier alpha value is -3.09. The zero-order valence-corrected chi connectivity index (χ0v) is 16.2. The zero-order chi connectivity index (χ0) is 19.8. The Morgan fingerprint density at radius 2 is 1.71 bits per heavy atom. The molecule has 1 saturated heterocycles. The highest BCUT2D eigenvalue weighted by Gasteiger charge is 2.37. The van der Waals surface area contributed by atoms with E-state index in [4.69, 9.17) is 28.4 Å². The molecule has 2 aliphatic heterocycles. The minimum Gasteiger partial charge on any atom is -0.493 e. The molecule has 2 aliphatic rings. The molecule has 0 unspecified atom stereocenters. The van der Waals surface area contributed by atoms with Gasteiger partial charge in [-0.3, -0.25) is 4.79 Å². The number of hydrogen-bond acceptors (Lipinski definition) is 7. The molecule has 7 nitrogen and oxygen atoms in total. The van der Waals surface area contributed by atoms with Crippen molar-refractivity contribution in [3.05, 3.63) is 29.8 Å². The van der Waals surface area contributed by atoms with Gasteiger partial charge >= 0.3 is 5.97 Å². The van der Waals surface area contributed by atoms with Gasteiger partial charge in [-0.1, -0.05) is 13.0 Å². The lowest BCUT2D eigenvalue weighted by Gasteiger charge is -2.24. The van der Waals surface area contributed by atoms with Crippen molar-refractivity contribution < 1.29 is 33.2 Å². The van der Waals surface area contributed by atoms with Crippen molar-refractivity contribution in [2.75, 3.05) is 28.1 Å². The van der Waals surface area contributed by atoms with Crippen LogP contribution in [0.4, 0.5) is 0 Å². The monoisotopic (exact) mass is 386 g/mol. The summed E-state index contributed by atoms with van der Waals surface area (Å²) in [5.74, 6) is 2.62. The predicted octanol–water partition coefficient (Wildman–Crippen LogP) is 3.73. The standard InChI is InChI=1S/C21H22O7/c1-11-7-17(22)28-19(11)13-9-16(23-2)20(24-3)21(25-4)18(13)12-5-6-14-15(8-12)27-10-26-14/h5-6,8-9,11,19H,7,10H2,1-4H3/t11-,19+/m1/s1. The summed E-state index contributed by atoms with van der Waals surface area (Å²) >= 11 is 0. The van der Waals surface area contributed by atoms with Crippen molar-refractivity contribution in [1.29, 1.82) is 0 Å². The SMILES string of the molecule is COc1cc([C@H]2OC(=O)C[C@H]2C)c(-c2ccc3c(c2)OCO3)c(OC)c1OC. The van der Waals surface area contributed by atoms with Crippen LogP contribution >= 0.6 is 0 Å². The van der Waals surface area contributed by atoms with Crippen molar-refractivity contribution in [3.63, 3.8) is 0 Å². The fourth-order valence-corrected chi connectivity index (χ4v) is 3.80. The van der Waals surface area contributed by atoms with E-state index in [1.54, 1.807) is 21.3 Å². The lowest BCUT2D eigenvalue weighted by molar-refractivity contribution is -0.141. The topological polar surface area (TPSA) is 72.5 Å². The maximum Gasteiger partial charge on any atom is 0.306 e. The van der Waals surface area contributed by atoms with Gasteiger partial charge in [-0.15, -0.1) is 0 Å². The Morgan fingerprint density at radius 3 is 2.36 bits per heavy atom. The van der Waals surface area contributed by atoms with E-state index in [0.717, 1.165) is 16.7 Å². The first-order valence-corrected chi connectivity index (χ1v) is 8.99. The molecule has 0 saturated carbocycles. The van der Waals surface area contributed by atoms with Gasteiger partial charge in [0.2, 0.25) is 12.5 Å². The number of rotatable bonds is 5. The second-order valence-electron chi connectivity index (χ2n) is 6.77. The average molecular weight is 386 g/mol. The van der Waals surface area contributed by atoms with E-state index < -0.39 is 6.10 Å². The normalized spacial score (nSPS) is 20.1. The number of fused-ring (bicyclic) bond motifs is 1. The summed E-state index contributed by atoms with van der Waals surface area (Å²) in [5.41, 5.74) is 2.41. The summed E-state index contributed by atoms with van der Waals surface area (Å²) in [6.07, 6.45) is -0.0522. The molecule has 0 bridgehead atoms. The van der Waals surface area contributed by atoms with Crippen molar-refractivity contribution >= 4 is 5.97 Å². The third-order valence-corrected chi connectivity index (χ3v) is 5.09. The Kier molecular flexibility index (Phi) is 4.66. The Morgan fingerprint density at radius 1 is 0.964 bits per heavy atom. The summed E-state index contributed by atoms with van der Waals surface area (Å²) < 4.78 is 33.4. The van der Waals surface area contributed by atoms with Crippen LogP contribution in [-0.2, 0) is 9.53 Å². The molecule has 7 heteroatoms. The van der Waals surface area contributed by atoms with Crippen LogP contribution < -0.4 is 23.7 Å². The number of carbonyl (C=O) groups is 1. The van der Waals surface area contributed by atoms with Gasteiger partial charge in [0, 0.05) is 17.0 Å². The lowest BCUT2D eigenvalue weighted by Crippen LogP contribution is -2.09. The minimum absolute atomic E-state index is 0.0167. The smallest absolute Gasteiger partial charge is 0.306 e. The molecule has 28 heavy (non-hydrogen) atoms. The molecule has 2 aromatic carbocycles. The van der Waals surface area contributed by atoms with Gasteiger partial charge in [0.1, 0.15) is 6.10 Å². The van der Waals surface area contributed by atoms with Crippen molar-refractivity contribution in [2.24, 2.45) is 5.92 Å². The number of hydrogen-bond donors (Lipinski definition) is 0. The van der Waals surface area contributed by atoms with Crippen LogP contribution in [0.2, 0.25) is 0 Å². The second-order valence-corrected chi connectivity index (χ2v) is 6.77. The van der Waals surface area contributed by atoms with Gasteiger partial charge in [-0.25, -0.2) is 0 Å². The Balaban J connectivity index is 1.97. The van der Waals surface area contributed by atoms with E-state index in [1.165, 1.54) is 0 Å². The molecule has 2 aromatic rings. The molecule has 148 valence electrons. The van der Waals surface area contributed by atoms with E-state index in [-0.39, 0.29) is 18.7 Å². The number of benzene rings is 2. The maximum absolute atomic E-state index is 11.9. The van der Waals surface area contributed by atoms with E-state index in [9.17, 15) is 4.79 Å². The van der Waals surface area contributed by atoms with Crippen LogP contribution in [0.15, 0.2) is 24.3 Å². The molecule has 2 heterocycles. The van der Waals surface area contributed by atoms with E-state index in [2.05, 4.69) is 0 Å². The molecule has 0 aromatic heterocycles. The van der Waals surface area contributed by atoms with Crippen LogP contribution in [0.3, 0.4) is 0 Å². The first-order valence-electron chi connectivity index (χ1n) is 8.99. The first kappa shape index (κ1) is 18.3. The van der Waals surface area contributed by atoms with Gasteiger partial charge in [0.25, 0.3) is 0 Å². The molecular formula is C21H22O7. The summed E-state index contributed by atoms with van der Waals surface area (Å²) in [6, 6.07) is 7.50. The Labute approximate surface area is 163 Å². The number of esters is 1. The summed E-state index contributed by atoms with van der Waals surface area (Å²) in [7, 11) is 4.69. The fraction of sp³-hybridized carbons (Fsp3) is 0.381. The van der Waals surface area contributed by atoms with Gasteiger partial charge in [0.05, 0.1) is 27.8 Å². The zero-order valence-electron chi connectivity index (χ0n) is 16.2. The van der Waals surface area contributed by atoms with Gasteiger partial charge in [0.15, 0.2) is 23.0 Å². The van der Waals surface area contributed by atoms with E-state index >= 15 is 0 Å². The highest BCUT2D eigenvalue weighted by Crippen LogP contribution is 2.52. The number of carbonyl (C=O) groups excluding carboxylic acids is 1. The molecule has 4 rings (SSSR count). The van der Waals surface area contributed by atoms with Crippen LogP contribution in [0.25, 0.3) is 11.1 Å². The van der Waals surface area contributed by atoms with Crippen LogP contribution in [0.5, 0.6) is 28.7 Å². The fourth-order valence-electron chi connectivity index (χ4n) is 3.80. The summed E-state index contributed by atoms with van der Waals surface area (Å²) in [6.45, 7) is 2.17. The molecule has 2 atom stereocenters. The lowest BCUT2D eigenvalue weighted by atomic mass is 9.89. The predicted molar refractivity (Wildman–Crippen MR) is 100 cm³/mol. The average Bonchev–Trinajstić information content (AvgIpc) is 3.30. The third kappa shape index (κ3) is 2.87. The second kappa shape index (κ2) is 7.14. The molecular weight excluding hydrogens is 364 g/mol. The summed E-state index contributed by atoms with van der Waals surface area (Å²) in [4.78, 5) is 11.9. The molecule has 1 fully saturated rings. The number of cyclic esters (lactones) is 1. The molecule has 0 radical (unpaired) electrons. The van der Waals surface area contributed by atoms with Crippen LogP contribution in [-0.4, -0.2) is 34.1 Å². The van der Waals surface area contributed by atoms with Crippen LogP contribution in [0, 0.1) is 5.92 Å². The quantitative estimate of drug-likeness (QED) is 0.725. The van der Waals surface area contributed by atoms with E-state index in [1.807, 2.05) is 31.2 Å². The maximum atomic E-state index is 11.9. The highest BCUT2D eigenvalue weighted by atomic mass is 16.7. The van der Waals surface area contributed by atoms with Gasteiger partial charge in [-0.05, 0) is 23.8 Å².